The number of nitrogens with zero attached hydrogens (tertiary/aromatic N) is 4. The van der Waals surface area contributed by atoms with Crippen LogP contribution < -0.4 is 14.8 Å². The molecule has 3 rings (SSSR count). The van der Waals surface area contributed by atoms with Gasteiger partial charge in [-0.15, -0.1) is 5.06 Å². The summed E-state index contributed by atoms with van der Waals surface area (Å²) in [6.45, 7) is 4.67. The van der Waals surface area contributed by atoms with E-state index in [0.29, 0.717) is 43.5 Å². The Morgan fingerprint density at radius 2 is 1.97 bits per heavy atom. The Bertz CT molecular complexity index is 794. The molecule has 2 aromatic rings. The van der Waals surface area contributed by atoms with E-state index < -0.39 is 6.16 Å². The second kappa shape index (κ2) is 9.87. The van der Waals surface area contributed by atoms with E-state index in [4.69, 9.17) is 19.0 Å². The second-order valence-corrected chi connectivity index (χ2v) is 6.71. The average Bonchev–Trinajstić information content (AvgIpc) is 2.70. The number of aromatic nitrogens is 3. The van der Waals surface area contributed by atoms with Crippen LogP contribution in [0.25, 0.3) is 0 Å². The maximum absolute atomic E-state index is 11.6. The van der Waals surface area contributed by atoms with Crippen molar-refractivity contribution in [3.05, 3.63) is 30.7 Å². The first-order valence-corrected chi connectivity index (χ1v) is 9.41. The summed E-state index contributed by atoms with van der Waals surface area (Å²) < 4.78 is 16.0. The van der Waals surface area contributed by atoms with Crippen molar-refractivity contribution in [3.63, 3.8) is 0 Å². The molecule has 0 aliphatic carbocycles. The topological polar surface area (TPSA) is 108 Å². The van der Waals surface area contributed by atoms with Crippen LogP contribution >= 0.6 is 0 Å². The van der Waals surface area contributed by atoms with E-state index in [1.54, 1.807) is 44.4 Å². The number of nitrogens with one attached hydrogen (secondary N) is 1. The number of hydrogen-bond acceptors (Lipinski definition) is 10. The average molecular weight is 403 g/mol. The summed E-state index contributed by atoms with van der Waals surface area (Å²) in [7, 11) is 1.57. The standard InChI is InChI=1S/C19H25N5O5/c1-13(2)27-19(25)29-24-8-6-15(7-9-24)28-18-10-16(21-12-22-18)23-14-4-5-17(26-3)20-11-14/h4-5,10-13,15H,6-9H2,1-3H3,(H,21,22,23). The molecular weight excluding hydrogens is 378 g/mol. The SMILES string of the molecule is COc1ccc(Nc2cc(OC3CCN(OC(=O)OC(C)C)CC3)ncn2)cn1. The van der Waals surface area contributed by atoms with Gasteiger partial charge in [0.15, 0.2) is 0 Å². The number of carbonyl (C=O) groups is 1. The van der Waals surface area contributed by atoms with Crippen LogP contribution in [-0.4, -0.2) is 58.6 Å². The van der Waals surface area contributed by atoms with E-state index in [-0.39, 0.29) is 12.2 Å². The van der Waals surface area contributed by atoms with Crippen LogP contribution in [0.5, 0.6) is 11.8 Å². The van der Waals surface area contributed by atoms with Gasteiger partial charge in [0, 0.05) is 38.1 Å². The first-order valence-electron chi connectivity index (χ1n) is 9.41. The van der Waals surface area contributed by atoms with Crippen LogP contribution in [0.1, 0.15) is 26.7 Å². The van der Waals surface area contributed by atoms with Gasteiger partial charge >= 0.3 is 6.16 Å². The van der Waals surface area contributed by atoms with Crippen molar-refractivity contribution < 1.29 is 23.8 Å². The lowest BCUT2D eigenvalue weighted by molar-refractivity contribution is -0.151. The van der Waals surface area contributed by atoms with E-state index in [2.05, 4.69) is 20.3 Å². The highest BCUT2D eigenvalue weighted by Gasteiger charge is 2.24. The minimum absolute atomic E-state index is 0.0265. The Balaban J connectivity index is 1.48. The summed E-state index contributed by atoms with van der Waals surface area (Å²) in [6, 6.07) is 5.33. The van der Waals surface area contributed by atoms with Gasteiger partial charge in [-0.2, -0.15) is 0 Å². The minimum Gasteiger partial charge on any atom is -0.481 e. The molecule has 10 nitrogen and oxygen atoms in total. The zero-order valence-electron chi connectivity index (χ0n) is 16.7. The van der Waals surface area contributed by atoms with Crippen LogP contribution in [-0.2, 0) is 9.57 Å². The Kier molecular flexibility index (Phi) is 7.01. The Morgan fingerprint density at radius 1 is 1.17 bits per heavy atom. The lowest BCUT2D eigenvalue weighted by atomic mass is 10.1. The number of anilines is 2. The first-order chi connectivity index (χ1) is 14.0. The smallest absolute Gasteiger partial charge is 0.481 e. The van der Waals surface area contributed by atoms with Crippen molar-refractivity contribution >= 4 is 17.7 Å². The summed E-state index contributed by atoms with van der Waals surface area (Å²) >= 11 is 0. The summed E-state index contributed by atoms with van der Waals surface area (Å²) in [5, 5.41) is 4.74. The summed E-state index contributed by atoms with van der Waals surface area (Å²) in [6.07, 6.45) is 3.57. The number of carbonyl (C=O) groups excluding carboxylic acids is 1. The largest absolute Gasteiger partial charge is 0.528 e. The third-order valence-corrected chi connectivity index (χ3v) is 4.08. The molecular formula is C19H25N5O5. The van der Waals surface area contributed by atoms with Gasteiger partial charge in [-0.1, -0.05) is 0 Å². The van der Waals surface area contributed by atoms with Crippen LogP contribution in [0.4, 0.5) is 16.3 Å². The maximum atomic E-state index is 11.6. The molecule has 156 valence electrons. The molecule has 10 heteroatoms. The molecule has 0 unspecified atom stereocenters. The van der Waals surface area contributed by atoms with Gasteiger partial charge in [-0.25, -0.2) is 19.7 Å². The number of hydrogen-bond donors (Lipinski definition) is 1. The number of methoxy groups -OCH3 is 1. The molecule has 3 heterocycles. The number of ether oxygens (including phenoxy) is 3. The molecule has 2 aromatic heterocycles. The molecule has 1 aliphatic heterocycles. The highest BCUT2D eigenvalue weighted by Crippen LogP contribution is 2.21. The predicted octanol–water partition coefficient (Wildman–Crippen LogP) is 2.94. The molecule has 1 saturated heterocycles. The van der Waals surface area contributed by atoms with Crippen molar-refractivity contribution in [2.45, 2.75) is 38.9 Å². The molecule has 0 atom stereocenters. The molecule has 0 aromatic carbocycles. The van der Waals surface area contributed by atoms with Gasteiger partial charge in [-0.3, -0.25) is 0 Å². The molecule has 0 radical (unpaired) electrons. The summed E-state index contributed by atoms with van der Waals surface area (Å²) in [4.78, 5) is 29.2. The highest BCUT2D eigenvalue weighted by atomic mass is 16.8. The van der Waals surface area contributed by atoms with Gasteiger partial charge in [0.25, 0.3) is 0 Å². The van der Waals surface area contributed by atoms with E-state index in [9.17, 15) is 4.79 Å². The van der Waals surface area contributed by atoms with Crippen LogP contribution in [0.3, 0.4) is 0 Å². The third-order valence-electron chi connectivity index (χ3n) is 4.08. The van der Waals surface area contributed by atoms with Crippen LogP contribution in [0.2, 0.25) is 0 Å². The van der Waals surface area contributed by atoms with Crippen molar-refractivity contribution in [1.82, 2.24) is 20.0 Å². The maximum Gasteiger partial charge on any atom is 0.528 e. The fraction of sp³-hybridized carbons (Fsp3) is 0.474. The first kappa shape index (κ1) is 20.6. The lowest BCUT2D eigenvalue weighted by Gasteiger charge is -2.30. The van der Waals surface area contributed by atoms with Gasteiger partial charge < -0.3 is 24.4 Å². The molecule has 1 fully saturated rings. The molecule has 0 spiro atoms. The quantitative estimate of drug-likeness (QED) is 0.693. The number of rotatable bonds is 7. The van der Waals surface area contributed by atoms with Crippen molar-refractivity contribution in [2.75, 3.05) is 25.5 Å². The normalized spacial score (nSPS) is 15.0. The Morgan fingerprint density at radius 3 is 2.62 bits per heavy atom. The molecule has 1 aliphatic rings. The molecule has 1 N–H and O–H groups in total. The summed E-state index contributed by atoms with van der Waals surface area (Å²) in [5.41, 5.74) is 0.772. The van der Waals surface area contributed by atoms with Gasteiger partial charge in [0.2, 0.25) is 11.8 Å². The fourth-order valence-electron chi connectivity index (χ4n) is 2.73. The molecule has 0 bridgehead atoms. The molecule has 0 amide bonds. The monoisotopic (exact) mass is 403 g/mol. The second-order valence-electron chi connectivity index (χ2n) is 6.71. The zero-order chi connectivity index (χ0) is 20.6. The van der Waals surface area contributed by atoms with Crippen molar-refractivity contribution in [1.29, 1.82) is 0 Å². The zero-order valence-corrected chi connectivity index (χ0v) is 16.7. The van der Waals surface area contributed by atoms with Gasteiger partial charge in [-0.05, 0) is 19.9 Å². The van der Waals surface area contributed by atoms with Gasteiger partial charge in [0.1, 0.15) is 18.2 Å². The summed E-state index contributed by atoms with van der Waals surface area (Å²) in [5.74, 6) is 1.61. The van der Waals surface area contributed by atoms with Crippen LogP contribution in [0.15, 0.2) is 30.7 Å². The number of pyridine rings is 1. The van der Waals surface area contributed by atoms with Crippen molar-refractivity contribution in [3.8, 4) is 11.8 Å². The fourth-order valence-corrected chi connectivity index (χ4v) is 2.73. The Labute approximate surface area is 169 Å². The van der Waals surface area contributed by atoms with E-state index in [1.165, 1.54) is 6.33 Å². The lowest BCUT2D eigenvalue weighted by Crippen LogP contribution is -2.40. The van der Waals surface area contributed by atoms with E-state index in [0.717, 1.165) is 5.69 Å². The molecule has 0 saturated carbocycles. The number of piperidine rings is 1. The van der Waals surface area contributed by atoms with Crippen LogP contribution in [0, 0.1) is 0 Å². The van der Waals surface area contributed by atoms with Gasteiger partial charge in [0.05, 0.1) is 25.1 Å². The highest BCUT2D eigenvalue weighted by molar-refractivity contribution is 5.59. The van der Waals surface area contributed by atoms with E-state index >= 15 is 0 Å². The predicted molar refractivity (Wildman–Crippen MR) is 104 cm³/mol. The molecule has 29 heavy (non-hydrogen) atoms. The third kappa shape index (κ3) is 6.46. The number of hydroxylamine groups is 2. The minimum atomic E-state index is -0.682. The van der Waals surface area contributed by atoms with E-state index in [1.807, 2.05) is 6.07 Å². The van der Waals surface area contributed by atoms with Crippen molar-refractivity contribution in [2.24, 2.45) is 0 Å². The Hall–Kier alpha value is -3.14.